The molecule has 1 atom stereocenters. The Morgan fingerprint density at radius 3 is 2.57 bits per heavy atom. The molecule has 0 saturated carbocycles. The topological polar surface area (TPSA) is 119 Å². The molecular weight excluding hydrogens is 635 g/mol. The number of carbonyl (C=O) groups is 2. The SMILES string of the molecule is COc1cc(C2C(=C(O)c3c(C)nc4ccccn34)C(=O)C(=O)N2c2nnc(SCc3ccc(C)cc3)s2)ccc1OCCC(C)C. The van der Waals surface area contributed by atoms with Gasteiger partial charge in [-0.2, -0.15) is 0 Å². The highest BCUT2D eigenvalue weighted by molar-refractivity contribution is 8.00. The number of fused-ring (bicyclic) bond motifs is 1. The maximum absolute atomic E-state index is 13.9. The minimum Gasteiger partial charge on any atom is -0.505 e. The summed E-state index contributed by atoms with van der Waals surface area (Å²) in [6.45, 7) is 8.55. The number of thioether (sulfide) groups is 1. The van der Waals surface area contributed by atoms with Gasteiger partial charge in [-0.05, 0) is 61.6 Å². The van der Waals surface area contributed by atoms with E-state index in [1.165, 1.54) is 40.7 Å². The first-order valence-electron chi connectivity index (χ1n) is 15.2. The lowest BCUT2D eigenvalue weighted by molar-refractivity contribution is -0.132. The Balaban J connectivity index is 1.43. The number of methoxy groups -OCH3 is 1. The van der Waals surface area contributed by atoms with Gasteiger partial charge >= 0.3 is 5.91 Å². The van der Waals surface area contributed by atoms with Crippen LogP contribution in [0.3, 0.4) is 0 Å². The molecule has 1 fully saturated rings. The summed E-state index contributed by atoms with van der Waals surface area (Å²) in [6, 6.07) is 17.9. The number of aryl methyl sites for hydroxylation is 2. The number of aromatic nitrogens is 4. The van der Waals surface area contributed by atoms with Crippen LogP contribution in [0.1, 0.15) is 54.4 Å². The van der Waals surface area contributed by atoms with E-state index in [-0.39, 0.29) is 16.5 Å². The van der Waals surface area contributed by atoms with Crippen molar-refractivity contribution in [3.05, 3.63) is 101 Å². The zero-order valence-electron chi connectivity index (χ0n) is 26.8. The molecule has 0 bridgehead atoms. The van der Waals surface area contributed by atoms with Crippen molar-refractivity contribution >= 4 is 51.3 Å². The predicted octanol–water partition coefficient (Wildman–Crippen LogP) is 7.15. The number of anilines is 1. The van der Waals surface area contributed by atoms with Gasteiger partial charge in [0.25, 0.3) is 5.78 Å². The number of ketones is 1. The number of hydrogen-bond donors (Lipinski definition) is 1. The Kier molecular flexibility index (Phi) is 9.33. The van der Waals surface area contributed by atoms with Crippen LogP contribution in [0.2, 0.25) is 0 Å². The van der Waals surface area contributed by atoms with Crippen LogP contribution in [-0.4, -0.2) is 50.1 Å². The van der Waals surface area contributed by atoms with Crippen LogP contribution in [-0.2, 0) is 15.3 Å². The predicted molar refractivity (Wildman–Crippen MR) is 183 cm³/mol. The van der Waals surface area contributed by atoms with Crippen molar-refractivity contribution < 1.29 is 24.2 Å². The van der Waals surface area contributed by atoms with Crippen LogP contribution in [0.25, 0.3) is 11.4 Å². The standard InChI is InChI=1S/C35H35N5O5S2/c1-20(2)15-17-45-25-14-13-24(18-26(25)44-5)30-28(31(41)29-22(4)36-27-8-6-7-16-39(27)29)32(42)33(43)40(30)34-37-38-35(47-34)46-19-23-11-9-21(3)10-12-23/h6-14,16,18,20,30,41H,15,17,19H2,1-5H3. The molecule has 10 nitrogen and oxygen atoms in total. The third-order valence-corrected chi connectivity index (χ3v) is 10.0. The first-order chi connectivity index (χ1) is 22.7. The van der Waals surface area contributed by atoms with Crippen molar-refractivity contribution in [2.24, 2.45) is 5.92 Å². The maximum Gasteiger partial charge on any atom is 0.301 e. The van der Waals surface area contributed by atoms with E-state index in [9.17, 15) is 14.7 Å². The monoisotopic (exact) mass is 669 g/mol. The van der Waals surface area contributed by atoms with E-state index in [4.69, 9.17) is 9.47 Å². The molecular formula is C35H35N5O5S2. The minimum atomic E-state index is -1.02. The van der Waals surface area contributed by atoms with E-state index < -0.39 is 17.7 Å². The van der Waals surface area contributed by atoms with Gasteiger partial charge in [0, 0.05) is 11.9 Å². The second kappa shape index (κ2) is 13.6. The number of benzene rings is 2. The number of imidazole rings is 1. The highest BCUT2D eigenvalue weighted by Gasteiger charge is 2.49. The highest BCUT2D eigenvalue weighted by Crippen LogP contribution is 2.46. The van der Waals surface area contributed by atoms with E-state index in [2.05, 4.69) is 53.3 Å². The first kappa shape index (κ1) is 32.3. The average molecular weight is 670 g/mol. The van der Waals surface area contributed by atoms with E-state index in [1.807, 2.05) is 13.0 Å². The summed E-state index contributed by atoms with van der Waals surface area (Å²) in [4.78, 5) is 33.6. The van der Waals surface area contributed by atoms with Gasteiger partial charge in [0.2, 0.25) is 5.13 Å². The van der Waals surface area contributed by atoms with Gasteiger partial charge in [0.05, 0.1) is 31.0 Å². The molecule has 0 spiro atoms. The molecule has 6 rings (SSSR count). The molecule has 0 radical (unpaired) electrons. The van der Waals surface area contributed by atoms with Gasteiger partial charge in [-0.1, -0.05) is 78.9 Å². The number of aliphatic hydroxyl groups excluding tert-OH is 1. The van der Waals surface area contributed by atoms with E-state index >= 15 is 0 Å². The Morgan fingerprint density at radius 2 is 1.83 bits per heavy atom. The molecule has 3 aromatic heterocycles. The summed E-state index contributed by atoms with van der Waals surface area (Å²) in [5.41, 5.74) is 4.20. The molecule has 1 unspecified atom stereocenters. The number of pyridine rings is 1. The third kappa shape index (κ3) is 6.48. The van der Waals surface area contributed by atoms with Crippen molar-refractivity contribution in [1.82, 2.24) is 19.6 Å². The molecule has 5 aromatic rings. The van der Waals surface area contributed by atoms with Crippen molar-refractivity contribution in [2.45, 2.75) is 50.3 Å². The molecule has 1 amide bonds. The van der Waals surface area contributed by atoms with E-state index in [1.54, 1.807) is 47.9 Å². The lowest BCUT2D eigenvalue weighted by atomic mass is 9.96. The van der Waals surface area contributed by atoms with Crippen molar-refractivity contribution in [3.8, 4) is 11.5 Å². The van der Waals surface area contributed by atoms with Crippen LogP contribution in [0.5, 0.6) is 11.5 Å². The molecule has 47 heavy (non-hydrogen) atoms. The van der Waals surface area contributed by atoms with Gasteiger partial charge in [0.15, 0.2) is 21.6 Å². The number of nitrogens with zero attached hydrogens (tertiary/aromatic N) is 5. The number of rotatable bonds is 11. The summed E-state index contributed by atoms with van der Waals surface area (Å²) < 4.78 is 14.0. The lowest BCUT2D eigenvalue weighted by Gasteiger charge is -2.23. The van der Waals surface area contributed by atoms with E-state index in [0.29, 0.717) is 56.7 Å². The smallest absolute Gasteiger partial charge is 0.301 e. The molecule has 12 heteroatoms. The zero-order chi connectivity index (χ0) is 33.2. The summed E-state index contributed by atoms with van der Waals surface area (Å²) in [5, 5.41) is 20.8. The van der Waals surface area contributed by atoms with Crippen LogP contribution in [0, 0.1) is 19.8 Å². The van der Waals surface area contributed by atoms with Gasteiger partial charge in [-0.15, -0.1) is 10.2 Å². The summed E-state index contributed by atoms with van der Waals surface area (Å²) in [7, 11) is 1.54. The van der Waals surface area contributed by atoms with Crippen molar-refractivity contribution in [1.29, 1.82) is 0 Å². The van der Waals surface area contributed by atoms with Crippen LogP contribution in [0.4, 0.5) is 5.13 Å². The quantitative estimate of drug-likeness (QED) is 0.0514. The maximum atomic E-state index is 13.9. The number of carbonyl (C=O) groups excluding carboxylic acids is 2. The van der Waals surface area contributed by atoms with Crippen LogP contribution in [0.15, 0.2) is 76.8 Å². The molecule has 1 N–H and O–H groups in total. The molecule has 242 valence electrons. The molecule has 1 aliphatic heterocycles. The highest BCUT2D eigenvalue weighted by atomic mass is 32.2. The van der Waals surface area contributed by atoms with Crippen molar-refractivity contribution in [3.63, 3.8) is 0 Å². The lowest BCUT2D eigenvalue weighted by Crippen LogP contribution is -2.29. The fourth-order valence-electron chi connectivity index (χ4n) is 5.44. The zero-order valence-corrected chi connectivity index (χ0v) is 28.4. The average Bonchev–Trinajstić information content (AvgIpc) is 3.73. The van der Waals surface area contributed by atoms with Crippen LogP contribution < -0.4 is 14.4 Å². The van der Waals surface area contributed by atoms with Crippen molar-refractivity contribution in [2.75, 3.05) is 18.6 Å². The van der Waals surface area contributed by atoms with Gasteiger partial charge in [0.1, 0.15) is 11.3 Å². The fraction of sp³-hybridized carbons (Fsp3) is 0.286. The first-order valence-corrected chi connectivity index (χ1v) is 17.0. The minimum absolute atomic E-state index is 0.0802. The Morgan fingerprint density at radius 1 is 1.04 bits per heavy atom. The molecule has 1 saturated heterocycles. The second-order valence-electron chi connectivity index (χ2n) is 11.7. The Labute approximate surface area is 281 Å². The molecule has 2 aromatic carbocycles. The molecule has 1 aliphatic rings. The number of Topliss-reactive ketones (excluding diaryl/α,β-unsaturated/α-hetero) is 1. The third-order valence-electron chi connectivity index (χ3n) is 7.91. The molecule has 0 aliphatic carbocycles. The van der Waals surface area contributed by atoms with E-state index in [0.717, 1.165) is 12.0 Å². The number of ether oxygens (including phenoxy) is 2. The largest absolute Gasteiger partial charge is 0.505 e. The van der Waals surface area contributed by atoms with Gasteiger partial charge in [-0.25, -0.2) is 4.98 Å². The van der Waals surface area contributed by atoms with Gasteiger partial charge in [-0.3, -0.25) is 18.9 Å². The Bertz CT molecular complexity index is 1980. The summed E-state index contributed by atoms with van der Waals surface area (Å²) >= 11 is 2.71. The normalized spacial score (nSPS) is 16.0. The van der Waals surface area contributed by atoms with Crippen LogP contribution >= 0.6 is 23.1 Å². The van der Waals surface area contributed by atoms with Gasteiger partial charge < -0.3 is 14.6 Å². The summed E-state index contributed by atoms with van der Waals surface area (Å²) in [6.07, 6.45) is 2.62. The second-order valence-corrected chi connectivity index (χ2v) is 13.9. The Hall–Kier alpha value is -4.68. The fourth-order valence-corrected chi connectivity index (χ4v) is 7.26. The number of hydrogen-bond acceptors (Lipinski definition) is 10. The number of aliphatic hydroxyl groups is 1. The number of amides is 1. The molecule has 4 heterocycles. The summed E-state index contributed by atoms with van der Waals surface area (Å²) in [5.74, 6) is 0.132.